The van der Waals surface area contributed by atoms with Crippen LogP contribution in [0.25, 0.3) is 15.9 Å². The highest BCUT2D eigenvalue weighted by molar-refractivity contribution is 8.00. The maximum absolute atomic E-state index is 13.9. The third-order valence-corrected chi connectivity index (χ3v) is 8.88. The highest BCUT2D eigenvalue weighted by Crippen LogP contribution is 2.36. The molecule has 2 aromatic heterocycles. The number of aryl methyl sites for hydroxylation is 2. The summed E-state index contributed by atoms with van der Waals surface area (Å²) < 4.78 is 6.97. The van der Waals surface area contributed by atoms with Gasteiger partial charge in [-0.25, -0.2) is 4.98 Å². The number of amides is 1. The van der Waals surface area contributed by atoms with E-state index >= 15 is 0 Å². The zero-order valence-electron chi connectivity index (χ0n) is 19.1. The number of hydrogen-bond acceptors (Lipinski definition) is 6. The van der Waals surface area contributed by atoms with Crippen LogP contribution in [0.15, 0.2) is 34.2 Å². The topological polar surface area (TPSA) is 73.2 Å². The molecule has 0 saturated heterocycles. The first kappa shape index (κ1) is 22.5. The van der Waals surface area contributed by atoms with Crippen LogP contribution in [0.5, 0.6) is 5.75 Å². The van der Waals surface area contributed by atoms with Crippen molar-refractivity contribution in [2.75, 3.05) is 7.11 Å². The SMILES string of the molecule is COc1ccc(-n2c(S[C@@H](C)C(=O)NC3CCCC3)nc3sc4c(c3c2=O)CCCC4)cc1. The number of nitrogens with zero attached hydrogens (tertiary/aromatic N) is 2. The van der Waals surface area contributed by atoms with Gasteiger partial charge in [-0.2, -0.15) is 0 Å². The predicted octanol–water partition coefficient (Wildman–Crippen LogP) is 4.87. The molecule has 3 aromatic rings. The Balaban J connectivity index is 1.56. The van der Waals surface area contributed by atoms with Gasteiger partial charge in [0.05, 0.1) is 23.4 Å². The summed E-state index contributed by atoms with van der Waals surface area (Å²) in [6, 6.07) is 7.71. The second-order valence-corrected chi connectivity index (χ2v) is 11.3. The number of nitrogens with one attached hydrogen (secondary N) is 1. The van der Waals surface area contributed by atoms with Crippen molar-refractivity contribution in [1.82, 2.24) is 14.9 Å². The van der Waals surface area contributed by atoms with Gasteiger partial charge in [0.25, 0.3) is 5.56 Å². The number of thiophene rings is 1. The number of carbonyl (C=O) groups is 1. The summed E-state index contributed by atoms with van der Waals surface area (Å²) in [6.45, 7) is 1.89. The second-order valence-electron chi connectivity index (χ2n) is 8.87. The van der Waals surface area contributed by atoms with Crippen LogP contribution < -0.4 is 15.6 Å². The molecule has 2 heterocycles. The third kappa shape index (κ3) is 4.43. The molecule has 1 atom stereocenters. The van der Waals surface area contributed by atoms with E-state index < -0.39 is 0 Å². The van der Waals surface area contributed by atoms with Gasteiger partial charge in [-0.3, -0.25) is 14.2 Å². The minimum atomic E-state index is -0.353. The molecule has 0 unspecified atom stereocenters. The Kier molecular flexibility index (Phi) is 6.47. The van der Waals surface area contributed by atoms with E-state index in [0.717, 1.165) is 60.2 Å². The van der Waals surface area contributed by atoms with Crippen molar-refractivity contribution in [2.24, 2.45) is 0 Å². The van der Waals surface area contributed by atoms with Gasteiger partial charge in [0, 0.05) is 10.9 Å². The maximum atomic E-state index is 13.9. The number of rotatable bonds is 6. The van der Waals surface area contributed by atoms with Crippen LogP contribution in [0.3, 0.4) is 0 Å². The predicted molar refractivity (Wildman–Crippen MR) is 134 cm³/mol. The maximum Gasteiger partial charge on any atom is 0.267 e. The highest BCUT2D eigenvalue weighted by atomic mass is 32.2. The van der Waals surface area contributed by atoms with Crippen molar-refractivity contribution < 1.29 is 9.53 Å². The molecule has 1 saturated carbocycles. The van der Waals surface area contributed by atoms with E-state index in [-0.39, 0.29) is 22.8 Å². The molecule has 1 amide bonds. The minimum absolute atomic E-state index is 0.00741. The Hall–Kier alpha value is -2.32. The lowest BCUT2D eigenvalue weighted by molar-refractivity contribution is -0.120. The Morgan fingerprint density at radius 2 is 1.91 bits per heavy atom. The number of carbonyl (C=O) groups excluding carboxylic acids is 1. The first-order valence-corrected chi connectivity index (χ1v) is 13.4. The Bertz CT molecular complexity index is 1230. The van der Waals surface area contributed by atoms with E-state index in [1.807, 2.05) is 31.2 Å². The monoisotopic (exact) mass is 483 g/mol. The molecule has 2 aliphatic rings. The van der Waals surface area contributed by atoms with Gasteiger partial charge in [-0.1, -0.05) is 24.6 Å². The van der Waals surface area contributed by atoms with Crippen LogP contribution >= 0.6 is 23.1 Å². The Morgan fingerprint density at radius 1 is 1.18 bits per heavy atom. The van der Waals surface area contributed by atoms with Gasteiger partial charge in [0.1, 0.15) is 10.6 Å². The fourth-order valence-electron chi connectivity index (χ4n) is 4.82. The fourth-order valence-corrected chi connectivity index (χ4v) is 7.06. The number of thioether (sulfide) groups is 1. The van der Waals surface area contributed by atoms with Crippen LogP contribution in [0.2, 0.25) is 0 Å². The summed E-state index contributed by atoms with van der Waals surface area (Å²) in [4.78, 5) is 33.8. The van der Waals surface area contributed by atoms with Gasteiger partial charge in [-0.05, 0) is 75.3 Å². The van der Waals surface area contributed by atoms with Crippen molar-refractivity contribution in [2.45, 2.75) is 74.7 Å². The molecular weight excluding hydrogens is 454 g/mol. The summed E-state index contributed by atoms with van der Waals surface area (Å²) in [7, 11) is 1.62. The van der Waals surface area contributed by atoms with Crippen LogP contribution in [-0.2, 0) is 17.6 Å². The van der Waals surface area contributed by atoms with E-state index in [0.29, 0.717) is 5.16 Å². The van der Waals surface area contributed by atoms with Gasteiger partial charge < -0.3 is 10.1 Å². The molecule has 0 radical (unpaired) electrons. The first-order valence-electron chi connectivity index (χ1n) is 11.7. The molecule has 33 heavy (non-hydrogen) atoms. The molecule has 5 rings (SSSR count). The minimum Gasteiger partial charge on any atom is -0.497 e. The van der Waals surface area contributed by atoms with E-state index in [1.54, 1.807) is 23.0 Å². The number of hydrogen-bond donors (Lipinski definition) is 1. The number of aromatic nitrogens is 2. The zero-order chi connectivity index (χ0) is 22.9. The zero-order valence-corrected chi connectivity index (χ0v) is 20.7. The first-order chi connectivity index (χ1) is 16.0. The van der Waals surface area contributed by atoms with Crippen LogP contribution in [0.4, 0.5) is 0 Å². The van der Waals surface area contributed by atoms with E-state index in [1.165, 1.54) is 35.0 Å². The standard InChI is InChI=1S/C25H29N3O3S2/c1-15(22(29)26-16-7-3-4-8-16)32-25-27-23-21(19-9-5-6-10-20(19)33-23)24(30)28(25)17-11-13-18(31-2)14-12-17/h11-16H,3-10H2,1-2H3,(H,26,29)/t15-/m0/s1. The van der Waals surface area contributed by atoms with Crippen LogP contribution in [-0.4, -0.2) is 33.9 Å². The molecule has 8 heteroatoms. The molecule has 174 valence electrons. The normalized spacial score (nSPS) is 17.2. The number of fused-ring (bicyclic) bond motifs is 3. The lowest BCUT2D eigenvalue weighted by Crippen LogP contribution is -2.38. The summed E-state index contributed by atoms with van der Waals surface area (Å²) >= 11 is 3.00. The summed E-state index contributed by atoms with van der Waals surface area (Å²) in [6.07, 6.45) is 8.65. The largest absolute Gasteiger partial charge is 0.497 e. The average Bonchev–Trinajstić information content (AvgIpc) is 3.46. The van der Waals surface area contributed by atoms with E-state index in [2.05, 4.69) is 5.32 Å². The van der Waals surface area contributed by atoms with Crippen molar-refractivity contribution >= 4 is 39.2 Å². The van der Waals surface area contributed by atoms with Crippen molar-refractivity contribution in [3.05, 3.63) is 45.1 Å². The van der Waals surface area contributed by atoms with E-state index in [4.69, 9.17) is 9.72 Å². The van der Waals surface area contributed by atoms with Gasteiger partial charge in [0.15, 0.2) is 5.16 Å². The van der Waals surface area contributed by atoms with Gasteiger partial charge in [0.2, 0.25) is 5.91 Å². The lowest BCUT2D eigenvalue weighted by atomic mass is 9.97. The average molecular weight is 484 g/mol. The van der Waals surface area contributed by atoms with Gasteiger partial charge >= 0.3 is 0 Å². The lowest BCUT2D eigenvalue weighted by Gasteiger charge is -2.18. The van der Waals surface area contributed by atoms with Crippen molar-refractivity contribution in [3.8, 4) is 11.4 Å². The van der Waals surface area contributed by atoms with Crippen molar-refractivity contribution in [1.29, 1.82) is 0 Å². The molecule has 0 bridgehead atoms. The van der Waals surface area contributed by atoms with Gasteiger partial charge in [-0.15, -0.1) is 11.3 Å². The summed E-state index contributed by atoms with van der Waals surface area (Å²) in [5.74, 6) is 0.736. The van der Waals surface area contributed by atoms with Crippen molar-refractivity contribution in [3.63, 3.8) is 0 Å². The van der Waals surface area contributed by atoms with Crippen LogP contribution in [0.1, 0.15) is 55.9 Å². The fraction of sp³-hybridized carbons (Fsp3) is 0.480. The number of ether oxygens (including phenoxy) is 1. The molecule has 0 aliphatic heterocycles. The summed E-state index contributed by atoms with van der Waals surface area (Å²) in [5, 5.41) is 4.13. The smallest absolute Gasteiger partial charge is 0.267 e. The third-order valence-electron chi connectivity index (χ3n) is 6.64. The molecule has 1 N–H and O–H groups in total. The second kappa shape index (κ2) is 9.50. The Morgan fingerprint density at radius 3 is 2.64 bits per heavy atom. The number of methoxy groups -OCH3 is 1. The molecule has 1 aromatic carbocycles. The molecule has 6 nitrogen and oxygen atoms in total. The quantitative estimate of drug-likeness (QED) is 0.400. The molecule has 2 aliphatic carbocycles. The van der Waals surface area contributed by atoms with Crippen LogP contribution in [0, 0.1) is 0 Å². The Labute approximate surface area is 201 Å². The number of benzene rings is 1. The van der Waals surface area contributed by atoms with E-state index in [9.17, 15) is 9.59 Å². The molecular formula is C25H29N3O3S2. The summed E-state index contributed by atoms with van der Waals surface area (Å²) in [5.41, 5.74) is 1.86. The molecule has 0 spiro atoms. The highest BCUT2D eigenvalue weighted by Gasteiger charge is 2.26. The molecule has 1 fully saturated rings.